The molecule has 0 aliphatic rings. The fraction of sp³-hybridized carbons (Fsp3) is 0.267. The predicted molar refractivity (Wildman–Crippen MR) is 145 cm³/mol. The lowest BCUT2D eigenvalue weighted by atomic mass is 9.87. The van der Waals surface area contributed by atoms with E-state index in [0.29, 0.717) is 11.4 Å². The molecule has 5 nitrogen and oxygen atoms in total. The van der Waals surface area contributed by atoms with Crippen molar-refractivity contribution in [3.05, 3.63) is 95.7 Å². The maximum absolute atomic E-state index is 12.8. The maximum Gasteiger partial charge on any atom is 0.251 e. The van der Waals surface area contributed by atoms with E-state index in [9.17, 15) is 4.79 Å². The molecular weight excluding hydrogens is 434 g/mol. The number of nitrogen functional groups attached to an aromatic ring is 1. The molecule has 0 bridgehead atoms. The van der Waals surface area contributed by atoms with Gasteiger partial charge in [0.05, 0.1) is 11.7 Å². The molecule has 0 radical (unpaired) electrons. The topological polar surface area (TPSA) is 77.2 Å². The third-order valence-electron chi connectivity index (χ3n) is 5.63. The Morgan fingerprint density at radius 2 is 1.63 bits per heavy atom. The van der Waals surface area contributed by atoms with Gasteiger partial charge < -0.3 is 15.8 Å². The number of nitrogens with two attached hydrogens (primary N) is 1. The minimum absolute atomic E-state index is 0.0929. The monoisotopic (exact) mass is 469 g/mol. The highest BCUT2D eigenvalue weighted by Crippen LogP contribution is 2.32. The van der Waals surface area contributed by atoms with E-state index in [0.717, 1.165) is 28.0 Å². The van der Waals surface area contributed by atoms with Crippen LogP contribution in [0.4, 0.5) is 5.82 Å². The van der Waals surface area contributed by atoms with Crippen LogP contribution < -0.4 is 15.8 Å². The van der Waals surface area contributed by atoms with Gasteiger partial charge >= 0.3 is 0 Å². The lowest BCUT2D eigenvalue weighted by molar-refractivity contribution is 0.0939. The molecule has 0 saturated carbocycles. The van der Waals surface area contributed by atoms with E-state index in [1.807, 2.05) is 81.4 Å². The Morgan fingerprint density at radius 1 is 0.943 bits per heavy atom. The van der Waals surface area contributed by atoms with Gasteiger partial charge in [-0.1, -0.05) is 65.0 Å². The molecule has 0 aliphatic heterocycles. The van der Waals surface area contributed by atoms with Crippen LogP contribution in [0, 0.1) is 0 Å². The van der Waals surface area contributed by atoms with Crippen LogP contribution in [0.5, 0.6) is 11.5 Å². The fourth-order valence-electron chi connectivity index (χ4n) is 3.70. The molecule has 4 rings (SSSR count). The number of carbonyl (C=O) groups is 1. The van der Waals surface area contributed by atoms with Gasteiger partial charge in [0.15, 0.2) is 0 Å². The first kappa shape index (κ1) is 25.8. The van der Waals surface area contributed by atoms with Gasteiger partial charge in [-0.05, 0) is 71.8 Å². The number of benzene rings is 3. The van der Waals surface area contributed by atoms with Gasteiger partial charge in [-0.25, -0.2) is 4.98 Å². The summed E-state index contributed by atoms with van der Waals surface area (Å²) in [6.45, 7) is 12.5. The number of hydrogen-bond donors (Lipinski definition) is 2. The summed E-state index contributed by atoms with van der Waals surface area (Å²) in [6.07, 6.45) is 0. The van der Waals surface area contributed by atoms with Crippen molar-refractivity contribution in [3.63, 3.8) is 0 Å². The first-order valence-electron chi connectivity index (χ1n) is 12.1. The summed E-state index contributed by atoms with van der Waals surface area (Å²) in [7, 11) is 0. The Labute approximate surface area is 208 Å². The van der Waals surface area contributed by atoms with Crippen LogP contribution >= 0.6 is 0 Å². The van der Waals surface area contributed by atoms with E-state index in [4.69, 9.17) is 10.5 Å². The van der Waals surface area contributed by atoms with Crippen molar-refractivity contribution >= 4 is 22.5 Å². The molecule has 3 aromatic carbocycles. The highest BCUT2D eigenvalue weighted by atomic mass is 16.5. The van der Waals surface area contributed by atoms with Crippen molar-refractivity contribution in [2.75, 3.05) is 5.73 Å². The second-order valence-electron chi connectivity index (χ2n) is 9.25. The van der Waals surface area contributed by atoms with Gasteiger partial charge in [0.25, 0.3) is 5.91 Å². The summed E-state index contributed by atoms with van der Waals surface area (Å²) in [4.78, 5) is 17.1. The van der Waals surface area contributed by atoms with Crippen molar-refractivity contribution in [1.82, 2.24) is 10.3 Å². The number of anilines is 1. The summed E-state index contributed by atoms with van der Waals surface area (Å²) < 4.78 is 6.17. The molecule has 5 heteroatoms. The molecule has 1 unspecified atom stereocenters. The SMILES string of the molecule is CC.CC(NC(=O)c1ccc2c(Oc3ccc(C(C)(C)C)cc3)cccc2c1)c1cccc(N)n1. The molecule has 3 N–H and O–H groups in total. The normalized spacial score (nSPS) is 11.8. The third-order valence-corrected chi connectivity index (χ3v) is 5.63. The van der Waals surface area contributed by atoms with Crippen LogP contribution in [0.15, 0.2) is 78.9 Å². The highest BCUT2D eigenvalue weighted by molar-refractivity contribution is 6.00. The fourth-order valence-corrected chi connectivity index (χ4v) is 3.70. The van der Waals surface area contributed by atoms with Crippen molar-refractivity contribution in [3.8, 4) is 11.5 Å². The molecule has 182 valence electrons. The van der Waals surface area contributed by atoms with Crippen molar-refractivity contribution in [2.24, 2.45) is 0 Å². The van der Waals surface area contributed by atoms with Crippen LogP contribution in [-0.4, -0.2) is 10.9 Å². The van der Waals surface area contributed by atoms with Crippen LogP contribution in [-0.2, 0) is 5.41 Å². The minimum atomic E-state index is -0.262. The quantitative estimate of drug-likeness (QED) is 0.319. The van der Waals surface area contributed by atoms with E-state index in [1.54, 1.807) is 6.07 Å². The Bertz CT molecular complexity index is 1290. The molecule has 1 aromatic heterocycles. The maximum atomic E-state index is 12.8. The van der Waals surface area contributed by atoms with Gasteiger partial charge in [-0.15, -0.1) is 0 Å². The molecule has 4 aromatic rings. The molecule has 0 saturated heterocycles. The molecule has 1 amide bonds. The summed E-state index contributed by atoms with van der Waals surface area (Å²) >= 11 is 0. The van der Waals surface area contributed by atoms with Crippen molar-refractivity contribution in [2.45, 2.75) is 53.0 Å². The lowest BCUT2D eigenvalue weighted by Gasteiger charge is -2.19. The highest BCUT2D eigenvalue weighted by Gasteiger charge is 2.15. The molecule has 0 fully saturated rings. The van der Waals surface area contributed by atoms with Gasteiger partial charge in [0.1, 0.15) is 17.3 Å². The summed E-state index contributed by atoms with van der Waals surface area (Å²) in [5, 5.41) is 4.86. The zero-order valence-corrected chi connectivity index (χ0v) is 21.4. The Balaban J connectivity index is 0.00000167. The summed E-state index contributed by atoms with van der Waals surface area (Å²) in [5.41, 5.74) is 8.40. The van der Waals surface area contributed by atoms with E-state index in [2.05, 4.69) is 43.2 Å². The number of hydrogen-bond acceptors (Lipinski definition) is 4. The smallest absolute Gasteiger partial charge is 0.251 e. The van der Waals surface area contributed by atoms with Crippen LogP contribution in [0.25, 0.3) is 10.8 Å². The Morgan fingerprint density at radius 3 is 2.29 bits per heavy atom. The van der Waals surface area contributed by atoms with Crippen LogP contribution in [0.3, 0.4) is 0 Å². The number of aromatic nitrogens is 1. The van der Waals surface area contributed by atoms with Crippen molar-refractivity contribution in [1.29, 1.82) is 0 Å². The van der Waals surface area contributed by atoms with Gasteiger partial charge in [-0.3, -0.25) is 4.79 Å². The molecule has 0 spiro atoms. The molecule has 0 aliphatic carbocycles. The third kappa shape index (κ3) is 6.38. The molecule has 1 atom stereocenters. The minimum Gasteiger partial charge on any atom is -0.457 e. The average molecular weight is 470 g/mol. The van der Waals surface area contributed by atoms with E-state index >= 15 is 0 Å². The van der Waals surface area contributed by atoms with E-state index < -0.39 is 0 Å². The second-order valence-corrected chi connectivity index (χ2v) is 9.25. The zero-order valence-electron chi connectivity index (χ0n) is 21.4. The lowest BCUT2D eigenvalue weighted by Crippen LogP contribution is -2.27. The number of nitrogens with one attached hydrogen (secondary N) is 1. The number of fused-ring (bicyclic) bond motifs is 1. The van der Waals surface area contributed by atoms with Crippen LogP contribution in [0.2, 0.25) is 0 Å². The molecule has 35 heavy (non-hydrogen) atoms. The predicted octanol–water partition coefficient (Wildman–Crippen LogP) is 7.42. The number of carbonyl (C=O) groups excluding carboxylic acids is 1. The number of pyridine rings is 1. The number of amides is 1. The number of nitrogens with zero attached hydrogens (tertiary/aromatic N) is 1. The first-order chi connectivity index (χ1) is 16.7. The van der Waals surface area contributed by atoms with E-state index in [-0.39, 0.29) is 17.4 Å². The zero-order chi connectivity index (χ0) is 25.6. The van der Waals surface area contributed by atoms with Crippen LogP contribution in [0.1, 0.15) is 69.2 Å². The van der Waals surface area contributed by atoms with Gasteiger partial charge in [0, 0.05) is 10.9 Å². The van der Waals surface area contributed by atoms with E-state index in [1.165, 1.54) is 5.56 Å². The summed E-state index contributed by atoms with van der Waals surface area (Å²) in [5.74, 6) is 1.79. The number of ether oxygens (including phenoxy) is 1. The first-order valence-corrected chi connectivity index (χ1v) is 12.1. The number of rotatable bonds is 5. The molecule has 1 heterocycles. The Kier molecular flexibility index (Phi) is 8.13. The average Bonchev–Trinajstić information content (AvgIpc) is 2.85. The second kappa shape index (κ2) is 11.0. The Hall–Kier alpha value is -3.86. The molecular formula is C30H35N3O2. The van der Waals surface area contributed by atoms with Gasteiger partial charge in [-0.2, -0.15) is 0 Å². The van der Waals surface area contributed by atoms with Crippen molar-refractivity contribution < 1.29 is 9.53 Å². The van der Waals surface area contributed by atoms with Gasteiger partial charge in [0.2, 0.25) is 0 Å². The standard InChI is InChI=1S/C28H29N3O2.C2H6/c1-18(24-8-6-10-26(29)31-24)30-27(32)20-11-16-23-19(17-20)7-5-9-25(23)33-22-14-12-21(13-15-22)28(2,3)4;1-2/h5-18H,1-4H3,(H2,29,31)(H,30,32);1-2H3. The summed E-state index contributed by atoms with van der Waals surface area (Å²) in [6, 6.07) is 24.8. The largest absolute Gasteiger partial charge is 0.457 e.